The lowest BCUT2D eigenvalue weighted by molar-refractivity contribution is -0.122. The molecule has 170 valence electrons. The lowest BCUT2D eigenvalue weighted by Crippen LogP contribution is -2.44. The third kappa shape index (κ3) is 5.43. The van der Waals surface area contributed by atoms with Crippen LogP contribution in [-0.4, -0.2) is 49.1 Å². The normalized spacial score (nSPS) is 15.1. The Kier molecular flexibility index (Phi) is 7.32. The quantitative estimate of drug-likeness (QED) is 0.526. The van der Waals surface area contributed by atoms with Crippen molar-refractivity contribution in [3.63, 3.8) is 0 Å². The van der Waals surface area contributed by atoms with Gasteiger partial charge in [-0.25, -0.2) is 0 Å². The number of hydrogen-bond donors (Lipinski definition) is 2. The van der Waals surface area contributed by atoms with Crippen molar-refractivity contribution in [3.8, 4) is 11.5 Å². The first-order valence-electron chi connectivity index (χ1n) is 11.4. The number of fused-ring (bicyclic) bond motifs is 1. The number of methoxy groups -OCH3 is 2. The third-order valence-corrected chi connectivity index (χ3v) is 6.33. The van der Waals surface area contributed by atoms with Crippen LogP contribution in [0.15, 0.2) is 48.7 Å². The van der Waals surface area contributed by atoms with Crippen LogP contribution in [0.2, 0.25) is 0 Å². The van der Waals surface area contributed by atoms with Gasteiger partial charge in [0.15, 0.2) is 11.5 Å². The van der Waals surface area contributed by atoms with Crippen LogP contribution in [0.25, 0.3) is 10.9 Å². The van der Waals surface area contributed by atoms with E-state index in [0.717, 1.165) is 62.3 Å². The van der Waals surface area contributed by atoms with Crippen molar-refractivity contribution in [1.29, 1.82) is 0 Å². The van der Waals surface area contributed by atoms with Crippen molar-refractivity contribution in [2.24, 2.45) is 0 Å². The van der Waals surface area contributed by atoms with Gasteiger partial charge in [0.1, 0.15) is 0 Å². The molecule has 2 N–H and O–H groups in total. The highest BCUT2D eigenvalue weighted by Crippen LogP contribution is 2.28. The van der Waals surface area contributed by atoms with Crippen molar-refractivity contribution in [3.05, 3.63) is 59.8 Å². The molecule has 3 aromatic rings. The van der Waals surface area contributed by atoms with Crippen LogP contribution in [0, 0.1) is 0 Å². The lowest BCUT2D eigenvalue weighted by atomic mass is 10.0. The lowest BCUT2D eigenvalue weighted by Gasteiger charge is -2.32. The fourth-order valence-electron chi connectivity index (χ4n) is 4.55. The summed E-state index contributed by atoms with van der Waals surface area (Å²) in [5, 5.41) is 4.50. The number of rotatable bonds is 9. The molecule has 1 saturated heterocycles. The first-order valence-corrected chi connectivity index (χ1v) is 11.4. The molecule has 0 unspecified atom stereocenters. The Labute approximate surface area is 189 Å². The van der Waals surface area contributed by atoms with E-state index in [9.17, 15) is 4.79 Å². The Bertz CT molecular complexity index is 1040. The number of ether oxygens (including phenoxy) is 2. The molecule has 1 aromatic heterocycles. The fraction of sp³-hybridized carbons (Fsp3) is 0.423. The average molecular weight is 436 g/mol. The maximum Gasteiger partial charge on any atom is 0.220 e. The molecule has 2 aromatic carbocycles. The predicted octanol–water partition coefficient (Wildman–Crippen LogP) is 4.29. The zero-order valence-corrected chi connectivity index (χ0v) is 19.0. The summed E-state index contributed by atoms with van der Waals surface area (Å²) in [5.74, 6) is 1.69. The maximum absolute atomic E-state index is 12.4. The molecule has 1 fully saturated rings. The van der Waals surface area contributed by atoms with E-state index in [1.54, 1.807) is 14.2 Å². The molecule has 0 atom stereocenters. The highest BCUT2D eigenvalue weighted by atomic mass is 16.5. The molecule has 0 aliphatic carbocycles. The van der Waals surface area contributed by atoms with Crippen LogP contribution in [-0.2, 0) is 17.8 Å². The molecule has 1 aliphatic heterocycles. The molecule has 0 saturated carbocycles. The van der Waals surface area contributed by atoms with Crippen molar-refractivity contribution in [2.75, 3.05) is 27.3 Å². The van der Waals surface area contributed by atoms with Crippen LogP contribution < -0.4 is 14.8 Å². The monoisotopic (exact) mass is 435 g/mol. The van der Waals surface area contributed by atoms with Gasteiger partial charge in [0.05, 0.1) is 14.2 Å². The number of aromatic amines is 1. The number of nitrogens with zero attached hydrogens (tertiary/aromatic N) is 1. The first-order chi connectivity index (χ1) is 15.7. The summed E-state index contributed by atoms with van der Waals surface area (Å²) in [5.41, 5.74) is 3.66. The number of piperidine rings is 1. The molecule has 2 heterocycles. The molecular weight excluding hydrogens is 402 g/mol. The van der Waals surface area contributed by atoms with Crippen molar-refractivity contribution in [1.82, 2.24) is 15.2 Å². The molecular formula is C26H33N3O3. The molecule has 6 heteroatoms. The van der Waals surface area contributed by atoms with Crippen LogP contribution >= 0.6 is 0 Å². The third-order valence-electron chi connectivity index (χ3n) is 6.33. The molecule has 6 nitrogen and oxygen atoms in total. The van der Waals surface area contributed by atoms with Gasteiger partial charge in [-0.1, -0.05) is 24.3 Å². The number of aromatic nitrogens is 1. The number of likely N-dealkylation sites (tertiary alicyclic amines) is 1. The minimum absolute atomic E-state index is 0.170. The minimum atomic E-state index is 0.170. The molecule has 1 aliphatic rings. The second-order valence-electron chi connectivity index (χ2n) is 8.52. The number of benzene rings is 2. The highest BCUT2D eigenvalue weighted by Gasteiger charge is 2.21. The van der Waals surface area contributed by atoms with E-state index < -0.39 is 0 Å². The fourth-order valence-corrected chi connectivity index (χ4v) is 4.55. The van der Waals surface area contributed by atoms with E-state index in [0.29, 0.717) is 6.42 Å². The topological polar surface area (TPSA) is 66.6 Å². The van der Waals surface area contributed by atoms with Gasteiger partial charge < -0.3 is 19.8 Å². The summed E-state index contributed by atoms with van der Waals surface area (Å²) in [7, 11) is 3.31. The Morgan fingerprint density at radius 3 is 2.66 bits per heavy atom. The number of nitrogens with one attached hydrogen (secondary N) is 2. The van der Waals surface area contributed by atoms with E-state index in [1.165, 1.54) is 16.5 Å². The van der Waals surface area contributed by atoms with Gasteiger partial charge in [0.25, 0.3) is 0 Å². The number of carbonyl (C=O) groups excluding carboxylic acids is 1. The van der Waals surface area contributed by atoms with E-state index in [1.807, 2.05) is 18.2 Å². The molecule has 0 spiro atoms. The largest absolute Gasteiger partial charge is 0.493 e. The van der Waals surface area contributed by atoms with Gasteiger partial charge in [-0.3, -0.25) is 9.69 Å². The van der Waals surface area contributed by atoms with Crippen molar-refractivity contribution in [2.45, 2.75) is 44.7 Å². The van der Waals surface area contributed by atoms with E-state index in [2.05, 4.69) is 45.7 Å². The summed E-state index contributed by atoms with van der Waals surface area (Å²) in [6, 6.07) is 14.7. The first kappa shape index (κ1) is 22.2. The summed E-state index contributed by atoms with van der Waals surface area (Å²) in [6.07, 6.45) is 6.40. The second kappa shape index (κ2) is 10.6. The van der Waals surface area contributed by atoms with Gasteiger partial charge in [-0.15, -0.1) is 0 Å². The summed E-state index contributed by atoms with van der Waals surface area (Å²) < 4.78 is 10.7. The van der Waals surface area contributed by atoms with Gasteiger partial charge >= 0.3 is 0 Å². The minimum Gasteiger partial charge on any atom is -0.493 e. The van der Waals surface area contributed by atoms with Crippen molar-refractivity contribution < 1.29 is 14.3 Å². The van der Waals surface area contributed by atoms with Crippen LogP contribution in [0.5, 0.6) is 11.5 Å². The zero-order valence-electron chi connectivity index (χ0n) is 19.0. The number of aryl methyl sites for hydroxylation is 1. The van der Waals surface area contributed by atoms with Gasteiger partial charge in [-0.05, 0) is 55.0 Å². The number of amides is 1. The Morgan fingerprint density at radius 1 is 1.09 bits per heavy atom. The summed E-state index contributed by atoms with van der Waals surface area (Å²) >= 11 is 0. The van der Waals surface area contributed by atoms with Crippen LogP contribution in [0.4, 0.5) is 0 Å². The smallest absolute Gasteiger partial charge is 0.220 e. The number of carbonyl (C=O) groups is 1. The Balaban J connectivity index is 1.18. The van der Waals surface area contributed by atoms with Gasteiger partial charge in [-0.2, -0.15) is 0 Å². The molecule has 0 bridgehead atoms. The zero-order chi connectivity index (χ0) is 22.3. The van der Waals surface area contributed by atoms with E-state index in [4.69, 9.17) is 9.47 Å². The average Bonchev–Trinajstić information content (AvgIpc) is 3.23. The van der Waals surface area contributed by atoms with Gasteiger partial charge in [0.2, 0.25) is 5.91 Å². The molecule has 1 amide bonds. The number of para-hydroxylation sites is 1. The van der Waals surface area contributed by atoms with E-state index >= 15 is 0 Å². The maximum atomic E-state index is 12.4. The molecule has 0 radical (unpaired) electrons. The van der Waals surface area contributed by atoms with Crippen LogP contribution in [0.1, 0.15) is 36.8 Å². The Morgan fingerprint density at radius 2 is 1.88 bits per heavy atom. The van der Waals surface area contributed by atoms with Crippen LogP contribution in [0.3, 0.4) is 0 Å². The summed E-state index contributed by atoms with van der Waals surface area (Å²) in [6.45, 7) is 2.84. The number of hydrogen-bond acceptors (Lipinski definition) is 4. The summed E-state index contributed by atoms with van der Waals surface area (Å²) in [4.78, 5) is 18.2. The van der Waals surface area contributed by atoms with E-state index in [-0.39, 0.29) is 11.9 Å². The number of H-pyrrole nitrogens is 1. The SMILES string of the molecule is COc1ccc(CN2CCC(NC(=O)CCCc3c[nH]c4ccccc34)CC2)cc1OC. The predicted molar refractivity (Wildman–Crippen MR) is 127 cm³/mol. The highest BCUT2D eigenvalue weighted by molar-refractivity contribution is 5.83. The molecule has 32 heavy (non-hydrogen) atoms. The standard InChI is InChI=1S/C26H33N3O3/c1-31-24-11-10-19(16-25(24)32-2)18-29-14-12-21(13-15-29)28-26(30)9-5-6-20-17-27-23-8-4-3-7-22(20)23/h3-4,7-8,10-11,16-17,21,27H,5-6,9,12-15,18H2,1-2H3,(H,28,30). The van der Waals surface area contributed by atoms with Crippen molar-refractivity contribution >= 4 is 16.8 Å². The Hall–Kier alpha value is -2.99. The second-order valence-corrected chi connectivity index (χ2v) is 8.52. The molecule has 4 rings (SSSR count). The van der Waals surface area contributed by atoms with Gasteiger partial charge in [0, 0.05) is 49.2 Å².